The zero-order valence-electron chi connectivity index (χ0n) is 12.2. The minimum Gasteiger partial charge on any atom is -0.396 e. The van der Waals surface area contributed by atoms with Gasteiger partial charge >= 0.3 is 0 Å². The van der Waals surface area contributed by atoms with Crippen molar-refractivity contribution in [2.45, 2.75) is 46.6 Å². The Balaban J connectivity index is 2.69. The normalized spacial score (nSPS) is 25.3. The number of carbonyl (C=O) groups is 1. The molecule has 2 N–H and O–H groups in total. The van der Waals surface area contributed by atoms with Crippen LogP contribution in [-0.2, 0) is 4.79 Å². The monoisotopic (exact) mass is 256 g/mol. The third-order valence-corrected chi connectivity index (χ3v) is 3.50. The molecule has 2 atom stereocenters. The summed E-state index contributed by atoms with van der Waals surface area (Å²) in [7, 11) is 0. The molecule has 0 aromatic rings. The van der Waals surface area contributed by atoms with Crippen LogP contribution in [0.5, 0.6) is 0 Å². The molecule has 1 aliphatic heterocycles. The van der Waals surface area contributed by atoms with E-state index in [0.717, 1.165) is 32.5 Å². The molecule has 0 bridgehead atoms. The van der Waals surface area contributed by atoms with Crippen LogP contribution in [0.2, 0.25) is 0 Å². The van der Waals surface area contributed by atoms with E-state index in [1.807, 2.05) is 25.7 Å². The smallest absolute Gasteiger partial charge is 0.228 e. The number of carbonyl (C=O) groups excluding carboxylic acids is 1. The molecule has 0 aliphatic carbocycles. The lowest BCUT2D eigenvalue weighted by molar-refractivity contribution is -0.142. The maximum atomic E-state index is 12.4. The van der Waals surface area contributed by atoms with Crippen LogP contribution in [0.15, 0.2) is 0 Å². The van der Waals surface area contributed by atoms with Crippen molar-refractivity contribution in [3.63, 3.8) is 0 Å². The molecule has 106 valence electrons. The van der Waals surface area contributed by atoms with Gasteiger partial charge in [0.2, 0.25) is 5.91 Å². The highest BCUT2D eigenvalue weighted by Crippen LogP contribution is 2.25. The zero-order chi connectivity index (χ0) is 13.8. The number of nitrogens with one attached hydrogen (secondary N) is 1. The van der Waals surface area contributed by atoms with Crippen LogP contribution in [0.1, 0.15) is 40.5 Å². The van der Waals surface area contributed by atoms with E-state index in [4.69, 9.17) is 5.11 Å². The van der Waals surface area contributed by atoms with Crippen molar-refractivity contribution >= 4 is 5.91 Å². The molecule has 0 saturated carbocycles. The lowest BCUT2D eigenvalue weighted by Gasteiger charge is -2.40. The van der Waals surface area contributed by atoms with E-state index in [1.165, 1.54) is 0 Å². The van der Waals surface area contributed by atoms with Crippen LogP contribution in [-0.4, -0.2) is 48.2 Å². The fourth-order valence-corrected chi connectivity index (χ4v) is 2.67. The molecule has 1 aliphatic rings. The van der Waals surface area contributed by atoms with Gasteiger partial charge in [0.25, 0.3) is 0 Å². The first-order valence-corrected chi connectivity index (χ1v) is 7.02. The Labute approximate surface area is 111 Å². The number of amides is 1. The quantitative estimate of drug-likeness (QED) is 0.796. The van der Waals surface area contributed by atoms with Crippen molar-refractivity contribution in [2.75, 3.05) is 26.2 Å². The molecule has 4 nitrogen and oxygen atoms in total. The Kier molecular flexibility index (Phi) is 5.60. The number of hydrogen-bond acceptors (Lipinski definition) is 3. The van der Waals surface area contributed by atoms with Crippen LogP contribution < -0.4 is 5.32 Å². The molecule has 1 saturated heterocycles. The summed E-state index contributed by atoms with van der Waals surface area (Å²) in [6.07, 6.45) is 1.85. The summed E-state index contributed by atoms with van der Waals surface area (Å²) in [5.41, 5.74) is -0.322. The van der Waals surface area contributed by atoms with Crippen LogP contribution in [0.25, 0.3) is 0 Å². The number of aliphatic hydroxyl groups is 1. The van der Waals surface area contributed by atoms with Crippen LogP contribution >= 0.6 is 0 Å². The molecule has 1 fully saturated rings. The SMILES string of the molecule is CCNC1CC(CCO)CN(C(=O)C(C)(C)C)C1. The van der Waals surface area contributed by atoms with Crippen molar-refractivity contribution in [2.24, 2.45) is 11.3 Å². The van der Waals surface area contributed by atoms with Gasteiger partial charge in [-0.2, -0.15) is 0 Å². The molecule has 0 spiro atoms. The van der Waals surface area contributed by atoms with E-state index >= 15 is 0 Å². The lowest BCUT2D eigenvalue weighted by atomic mass is 9.88. The molecule has 4 heteroatoms. The van der Waals surface area contributed by atoms with Gasteiger partial charge < -0.3 is 15.3 Å². The van der Waals surface area contributed by atoms with E-state index in [1.54, 1.807) is 0 Å². The third kappa shape index (κ3) is 4.25. The van der Waals surface area contributed by atoms with Gasteiger partial charge in [0.1, 0.15) is 0 Å². The minimum absolute atomic E-state index is 0.209. The second-order valence-corrected chi connectivity index (χ2v) is 6.33. The van der Waals surface area contributed by atoms with Crippen molar-refractivity contribution in [3.05, 3.63) is 0 Å². The fourth-order valence-electron chi connectivity index (χ4n) is 2.67. The van der Waals surface area contributed by atoms with Crippen molar-refractivity contribution in [1.29, 1.82) is 0 Å². The Bertz CT molecular complexity index is 259. The summed E-state index contributed by atoms with van der Waals surface area (Å²) in [5.74, 6) is 0.632. The topological polar surface area (TPSA) is 52.6 Å². The van der Waals surface area contributed by atoms with Gasteiger partial charge in [0, 0.05) is 31.2 Å². The summed E-state index contributed by atoms with van der Waals surface area (Å²) < 4.78 is 0. The zero-order valence-corrected chi connectivity index (χ0v) is 12.2. The second-order valence-electron chi connectivity index (χ2n) is 6.33. The van der Waals surface area contributed by atoms with Gasteiger partial charge in [-0.1, -0.05) is 27.7 Å². The largest absolute Gasteiger partial charge is 0.396 e. The first-order chi connectivity index (χ1) is 8.38. The van der Waals surface area contributed by atoms with Crippen LogP contribution in [0, 0.1) is 11.3 Å². The molecule has 2 unspecified atom stereocenters. The molecule has 1 heterocycles. The Morgan fingerprint density at radius 2 is 2.06 bits per heavy atom. The van der Waals surface area contributed by atoms with Crippen molar-refractivity contribution in [3.8, 4) is 0 Å². The molecule has 0 aromatic heterocycles. The van der Waals surface area contributed by atoms with Gasteiger partial charge in [0.05, 0.1) is 0 Å². The first-order valence-electron chi connectivity index (χ1n) is 7.02. The van der Waals surface area contributed by atoms with Crippen molar-refractivity contribution < 1.29 is 9.90 Å². The van der Waals surface area contributed by atoms with Gasteiger partial charge in [-0.05, 0) is 25.3 Å². The number of aliphatic hydroxyl groups excluding tert-OH is 1. The molecule has 0 aromatic carbocycles. The molecular formula is C14H28N2O2. The molecule has 0 radical (unpaired) electrons. The Morgan fingerprint density at radius 3 is 2.56 bits per heavy atom. The Morgan fingerprint density at radius 1 is 1.39 bits per heavy atom. The number of hydrogen-bond donors (Lipinski definition) is 2. The first kappa shape index (κ1) is 15.4. The summed E-state index contributed by atoms with van der Waals surface area (Å²) >= 11 is 0. The van der Waals surface area contributed by atoms with Crippen LogP contribution in [0.4, 0.5) is 0 Å². The number of piperidine rings is 1. The second kappa shape index (κ2) is 6.53. The summed E-state index contributed by atoms with van der Waals surface area (Å²) in [5, 5.41) is 12.5. The Hall–Kier alpha value is -0.610. The fraction of sp³-hybridized carbons (Fsp3) is 0.929. The van der Waals surface area contributed by atoms with Gasteiger partial charge in [-0.25, -0.2) is 0 Å². The van der Waals surface area contributed by atoms with Crippen LogP contribution in [0.3, 0.4) is 0 Å². The maximum absolute atomic E-state index is 12.4. The average molecular weight is 256 g/mol. The highest BCUT2D eigenvalue weighted by molar-refractivity contribution is 5.81. The standard InChI is InChI=1S/C14H28N2O2/c1-5-15-12-8-11(6-7-17)9-16(10-12)13(18)14(2,3)4/h11-12,15,17H,5-10H2,1-4H3. The van der Waals surface area contributed by atoms with E-state index in [9.17, 15) is 4.79 Å². The summed E-state index contributed by atoms with van der Waals surface area (Å²) in [6.45, 7) is 10.7. The number of nitrogens with zero attached hydrogens (tertiary/aromatic N) is 1. The van der Waals surface area contributed by atoms with E-state index < -0.39 is 0 Å². The van der Waals surface area contributed by atoms with Crippen molar-refractivity contribution in [1.82, 2.24) is 10.2 Å². The minimum atomic E-state index is -0.322. The lowest BCUT2D eigenvalue weighted by Crippen LogP contribution is -2.53. The molecular weight excluding hydrogens is 228 g/mol. The highest BCUT2D eigenvalue weighted by Gasteiger charge is 2.34. The summed E-state index contributed by atoms with van der Waals surface area (Å²) in [6, 6.07) is 0.367. The van der Waals surface area contributed by atoms with Gasteiger partial charge in [-0.15, -0.1) is 0 Å². The molecule has 1 rings (SSSR count). The number of likely N-dealkylation sites (tertiary alicyclic amines) is 1. The number of rotatable bonds is 4. The molecule has 18 heavy (non-hydrogen) atoms. The maximum Gasteiger partial charge on any atom is 0.228 e. The van der Waals surface area contributed by atoms with Gasteiger partial charge in [0.15, 0.2) is 0 Å². The average Bonchev–Trinajstić information content (AvgIpc) is 2.27. The summed E-state index contributed by atoms with van der Waals surface area (Å²) in [4.78, 5) is 14.3. The predicted octanol–water partition coefficient (Wildman–Crippen LogP) is 1.24. The van der Waals surface area contributed by atoms with E-state index in [2.05, 4.69) is 12.2 Å². The predicted molar refractivity (Wildman–Crippen MR) is 73.3 cm³/mol. The van der Waals surface area contributed by atoms with E-state index in [0.29, 0.717) is 12.0 Å². The van der Waals surface area contributed by atoms with Gasteiger partial charge in [-0.3, -0.25) is 4.79 Å². The third-order valence-electron chi connectivity index (χ3n) is 3.50. The molecule has 1 amide bonds. The number of likely N-dealkylation sites (N-methyl/N-ethyl adjacent to an activating group) is 1. The van der Waals surface area contributed by atoms with E-state index in [-0.39, 0.29) is 17.9 Å². The highest BCUT2D eigenvalue weighted by atomic mass is 16.3.